The van der Waals surface area contributed by atoms with Gasteiger partial charge in [-0.3, -0.25) is 0 Å². The van der Waals surface area contributed by atoms with Gasteiger partial charge in [0, 0.05) is 12.8 Å². The molecular formula is C18H38N+. The van der Waals surface area contributed by atoms with E-state index in [1.807, 2.05) is 13.8 Å². The Morgan fingerprint density at radius 1 is 0.895 bits per heavy atom. The molecule has 0 atom stereocenters. The molecule has 0 aromatic heterocycles. The molecule has 0 N–H and O–H groups in total. The van der Waals surface area contributed by atoms with Gasteiger partial charge in [0.05, 0.1) is 26.2 Å². The Balaban J connectivity index is 0.000000861. The second-order valence-electron chi connectivity index (χ2n) is 7.31. The lowest BCUT2D eigenvalue weighted by Crippen LogP contribution is -2.56. The molecule has 2 heterocycles. The molecule has 2 aliphatic rings. The van der Waals surface area contributed by atoms with E-state index < -0.39 is 0 Å². The number of hydrogen-bond donors (Lipinski definition) is 0. The van der Waals surface area contributed by atoms with Gasteiger partial charge in [-0.15, -0.1) is 0 Å². The number of nitrogens with zero attached hydrogens (tertiary/aromatic N) is 1. The van der Waals surface area contributed by atoms with Gasteiger partial charge in [0.1, 0.15) is 0 Å². The van der Waals surface area contributed by atoms with E-state index in [4.69, 9.17) is 0 Å². The Hall–Kier alpha value is -0.0400. The Kier molecular flexibility index (Phi) is 6.86. The molecular weight excluding hydrogens is 230 g/mol. The minimum Gasteiger partial charge on any atom is -0.324 e. The van der Waals surface area contributed by atoms with Gasteiger partial charge in [-0.25, -0.2) is 0 Å². The van der Waals surface area contributed by atoms with Crippen molar-refractivity contribution in [2.45, 2.75) is 79.6 Å². The van der Waals surface area contributed by atoms with Crippen LogP contribution >= 0.6 is 0 Å². The molecule has 1 spiro atoms. The van der Waals surface area contributed by atoms with Crippen LogP contribution in [-0.2, 0) is 0 Å². The molecule has 114 valence electrons. The fourth-order valence-corrected chi connectivity index (χ4v) is 4.38. The summed E-state index contributed by atoms with van der Waals surface area (Å²) in [7, 11) is 0. The Morgan fingerprint density at radius 2 is 1.42 bits per heavy atom. The molecule has 19 heavy (non-hydrogen) atoms. The van der Waals surface area contributed by atoms with E-state index in [0.717, 1.165) is 5.92 Å². The van der Waals surface area contributed by atoms with Crippen LogP contribution in [0.2, 0.25) is 0 Å². The summed E-state index contributed by atoms with van der Waals surface area (Å²) in [5.41, 5.74) is 0.592. The van der Waals surface area contributed by atoms with Gasteiger partial charge in [0.25, 0.3) is 0 Å². The van der Waals surface area contributed by atoms with E-state index in [1.54, 1.807) is 0 Å². The van der Waals surface area contributed by atoms with Crippen LogP contribution in [0.25, 0.3) is 0 Å². The van der Waals surface area contributed by atoms with E-state index in [0.29, 0.717) is 5.41 Å². The van der Waals surface area contributed by atoms with Crippen molar-refractivity contribution in [2.75, 3.05) is 26.2 Å². The maximum atomic E-state index is 2.51. The summed E-state index contributed by atoms with van der Waals surface area (Å²) in [6.45, 7) is 17.3. The molecule has 0 radical (unpaired) electrons. The maximum Gasteiger partial charge on any atom is 0.0789 e. The fourth-order valence-electron chi connectivity index (χ4n) is 4.38. The first kappa shape index (κ1) is 17.0. The Morgan fingerprint density at radius 3 is 1.89 bits per heavy atom. The zero-order valence-electron chi connectivity index (χ0n) is 14.3. The van der Waals surface area contributed by atoms with E-state index in [1.165, 1.54) is 75.6 Å². The first-order chi connectivity index (χ1) is 9.08. The quantitative estimate of drug-likeness (QED) is 0.613. The number of hydrogen-bond acceptors (Lipinski definition) is 0. The third-order valence-corrected chi connectivity index (χ3v) is 5.67. The zero-order chi connectivity index (χ0) is 14.4. The van der Waals surface area contributed by atoms with Crippen molar-refractivity contribution in [3.8, 4) is 0 Å². The highest BCUT2D eigenvalue weighted by atomic mass is 15.4. The largest absolute Gasteiger partial charge is 0.324 e. The smallest absolute Gasteiger partial charge is 0.0789 e. The number of rotatable bonds is 3. The molecule has 0 bridgehead atoms. The summed E-state index contributed by atoms with van der Waals surface area (Å²) in [5, 5.41) is 0. The molecule has 0 aromatic rings. The van der Waals surface area contributed by atoms with Crippen LogP contribution < -0.4 is 0 Å². The first-order valence-corrected chi connectivity index (χ1v) is 8.93. The van der Waals surface area contributed by atoms with Crippen molar-refractivity contribution in [3.05, 3.63) is 0 Å². The first-order valence-electron chi connectivity index (χ1n) is 8.93. The topological polar surface area (TPSA) is 0 Å². The highest BCUT2D eigenvalue weighted by Gasteiger charge is 2.39. The van der Waals surface area contributed by atoms with Gasteiger partial charge in [0.15, 0.2) is 0 Å². The number of quaternary nitrogens is 1. The summed E-state index contributed by atoms with van der Waals surface area (Å²) >= 11 is 0. The predicted molar refractivity (Wildman–Crippen MR) is 86.3 cm³/mol. The van der Waals surface area contributed by atoms with Crippen LogP contribution in [0.1, 0.15) is 79.6 Å². The summed E-state index contributed by atoms with van der Waals surface area (Å²) < 4.78 is 1.48. The van der Waals surface area contributed by atoms with Gasteiger partial charge < -0.3 is 4.48 Å². The second kappa shape index (κ2) is 7.67. The van der Waals surface area contributed by atoms with E-state index in [9.17, 15) is 0 Å². The van der Waals surface area contributed by atoms with Crippen LogP contribution in [0.15, 0.2) is 0 Å². The molecule has 0 saturated carbocycles. The monoisotopic (exact) mass is 268 g/mol. The lowest BCUT2D eigenvalue weighted by atomic mass is 9.70. The minimum atomic E-state index is 0.592. The van der Waals surface area contributed by atoms with Gasteiger partial charge >= 0.3 is 0 Å². The third-order valence-electron chi connectivity index (χ3n) is 5.67. The molecule has 1 heteroatoms. The maximum absolute atomic E-state index is 2.51. The zero-order valence-corrected chi connectivity index (χ0v) is 14.3. The van der Waals surface area contributed by atoms with Gasteiger partial charge in [-0.1, -0.05) is 41.0 Å². The molecule has 1 nitrogen and oxygen atoms in total. The van der Waals surface area contributed by atoms with Crippen LogP contribution in [0.5, 0.6) is 0 Å². The van der Waals surface area contributed by atoms with Crippen LogP contribution in [-0.4, -0.2) is 30.7 Å². The highest BCUT2D eigenvalue weighted by Crippen LogP contribution is 2.40. The van der Waals surface area contributed by atoms with E-state index in [2.05, 4.69) is 20.8 Å². The van der Waals surface area contributed by atoms with Crippen molar-refractivity contribution in [3.63, 3.8) is 0 Å². The lowest BCUT2D eigenvalue weighted by Gasteiger charge is -2.49. The second-order valence-corrected chi connectivity index (χ2v) is 7.31. The van der Waals surface area contributed by atoms with Crippen molar-refractivity contribution < 1.29 is 4.48 Å². The van der Waals surface area contributed by atoms with Crippen molar-refractivity contribution in [1.82, 2.24) is 0 Å². The molecule has 0 aromatic carbocycles. The lowest BCUT2D eigenvalue weighted by molar-refractivity contribution is -0.938. The summed E-state index contributed by atoms with van der Waals surface area (Å²) in [6.07, 6.45) is 10.2. The van der Waals surface area contributed by atoms with E-state index in [-0.39, 0.29) is 0 Å². The van der Waals surface area contributed by atoms with Crippen LogP contribution in [0, 0.1) is 11.3 Å². The summed E-state index contributed by atoms with van der Waals surface area (Å²) in [5.74, 6) is 0.994. The summed E-state index contributed by atoms with van der Waals surface area (Å²) in [4.78, 5) is 0. The SMILES string of the molecule is CC.CCCC(C)(C)C1CC[N+]2(CCCCC2)CC1. The molecule has 2 saturated heterocycles. The molecule has 0 aliphatic carbocycles. The van der Waals surface area contributed by atoms with Crippen LogP contribution in [0.3, 0.4) is 0 Å². The molecule has 0 unspecified atom stereocenters. The number of piperidine rings is 2. The Bertz CT molecular complexity index is 228. The minimum absolute atomic E-state index is 0.592. The molecule has 0 amide bonds. The molecule has 2 aliphatic heterocycles. The van der Waals surface area contributed by atoms with Crippen LogP contribution in [0.4, 0.5) is 0 Å². The van der Waals surface area contributed by atoms with E-state index >= 15 is 0 Å². The van der Waals surface area contributed by atoms with Crippen molar-refractivity contribution in [1.29, 1.82) is 0 Å². The average Bonchev–Trinajstić information content (AvgIpc) is 2.42. The molecule has 2 rings (SSSR count). The predicted octanol–water partition coefficient (Wildman–Crippen LogP) is 5.25. The highest BCUT2D eigenvalue weighted by molar-refractivity contribution is 4.80. The fraction of sp³-hybridized carbons (Fsp3) is 1.00. The van der Waals surface area contributed by atoms with Gasteiger partial charge in [-0.2, -0.15) is 0 Å². The standard InChI is InChI=1S/C16H32N.C2H6/c1-4-10-16(2,3)15-8-13-17(14-9-15)11-6-5-7-12-17;1-2/h15H,4-14H2,1-3H3;1-2H3/q+1;. The van der Waals surface area contributed by atoms with Crippen molar-refractivity contribution in [2.24, 2.45) is 11.3 Å². The Labute approximate surface area is 122 Å². The summed E-state index contributed by atoms with van der Waals surface area (Å²) in [6, 6.07) is 0. The average molecular weight is 269 g/mol. The van der Waals surface area contributed by atoms with Gasteiger partial charge in [-0.05, 0) is 37.0 Å². The normalized spacial score (nSPS) is 23.8. The third kappa shape index (κ3) is 4.48. The molecule has 2 fully saturated rings. The van der Waals surface area contributed by atoms with Crippen molar-refractivity contribution >= 4 is 0 Å². The van der Waals surface area contributed by atoms with Gasteiger partial charge in [0.2, 0.25) is 0 Å².